The molecule has 0 bridgehead atoms. The van der Waals surface area contributed by atoms with Gasteiger partial charge in [0.05, 0.1) is 9.79 Å². The van der Waals surface area contributed by atoms with Crippen molar-refractivity contribution in [3.05, 3.63) is 139 Å². The van der Waals surface area contributed by atoms with Gasteiger partial charge in [-0.1, -0.05) is 109 Å². The average molecular weight is 489 g/mol. The Morgan fingerprint density at radius 3 is 1.32 bits per heavy atom. The maximum atomic E-state index is 14.0. The van der Waals surface area contributed by atoms with Crippen LogP contribution >= 0.6 is 0 Å². The molecule has 4 rings (SSSR count). The molecule has 0 unspecified atom stereocenters. The van der Waals surface area contributed by atoms with Crippen LogP contribution in [0.2, 0.25) is 0 Å². The van der Waals surface area contributed by atoms with Crippen molar-refractivity contribution in [2.75, 3.05) is 0 Å². The lowest BCUT2D eigenvalue weighted by molar-refractivity contribution is 0.568. The van der Waals surface area contributed by atoms with E-state index in [1.54, 1.807) is 72.8 Å². The summed E-state index contributed by atoms with van der Waals surface area (Å²) < 4.78 is 54.1. The van der Waals surface area contributed by atoms with E-state index in [0.717, 1.165) is 5.56 Å². The van der Waals surface area contributed by atoms with Crippen LogP contribution in [0.4, 0.5) is 0 Å². The van der Waals surface area contributed by atoms with E-state index >= 15 is 0 Å². The maximum absolute atomic E-state index is 14.0. The number of allylic oxidation sites excluding steroid dienone is 1. The van der Waals surface area contributed by atoms with E-state index in [0.29, 0.717) is 5.56 Å². The second-order valence-corrected chi connectivity index (χ2v) is 12.2. The predicted octanol–water partition coefficient (Wildman–Crippen LogP) is 5.76. The van der Waals surface area contributed by atoms with E-state index in [2.05, 4.69) is 0 Å². The van der Waals surface area contributed by atoms with Gasteiger partial charge in [-0.2, -0.15) is 0 Å². The molecule has 4 nitrogen and oxygen atoms in total. The van der Waals surface area contributed by atoms with E-state index < -0.39 is 30.2 Å². The Bertz CT molecular complexity index is 1380. The topological polar surface area (TPSA) is 68.3 Å². The summed E-state index contributed by atoms with van der Waals surface area (Å²) in [5, 5.41) is 0. The van der Waals surface area contributed by atoms with Gasteiger partial charge < -0.3 is 0 Å². The summed E-state index contributed by atoms with van der Waals surface area (Å²) in [6.07, 6.45) is 3.45. The largest absolute Gasteiger partial charge is 0.222 e. The van der Waals surface area contributed by atoms with Crippen LogP contribution in [0.5, 0.6) is 0 Å². The Morgan fingerprint density at radius 1 is 0.500 bits per heavy atom. The van der Waals surface area contributed by atoms with E-state index in [9.17, 15) is 16.8 Å². The van der Waals surface area contributed by atoms with Gasteiger partial charge in [0.2, 0.25) is 0 Å². The fraction of sp³-hybridized carbons (Fsp3) is 0.0714. The highest BCUT2D eigenvalue weighted by Crippen LogP contribution is 2.37. The van der Waals surface area contributed by atoms with Crippen LogP contribution in [0, 0.1) is 0 Å². The first-order valence-electron chi connectivity index (χ1n) is 10.8. The molecule has 0 aliphatic carbocycles. The molecular weight excluding hydrogens is 464 g/mol. The number of benzene rings is 4. The zero-order valence-electron chi connectivity index (χ0n) is 18.3. The monoisotopic (exact) mass is 488 g/mol. The molecule has 0 amide bonds. The quantitative estimate of drug-likeness (QED) is 0.316. The highest BCUT2D eigenvalue weighted by Gasteiger charge is 2.45. The summed E-state index contributed by atoms with van der Waals surface area (Å²) in [6.45, 7) is 0. The van der Waals surface area contributed by atoms with Gasteiger partial charge in [0.1, 0.15) is 0 Å². The summed E-state index contributed by atoms with van der Waals surface area (Å²) in [5.41, 5.74) is 1.44. The number of rotatable bonds is 8. The summed E-state index contributed by atoms with van der Waals surface area (Å²) >= 11 is 0. The second kappa shape index (κ2) is 10.2. The Balaban J connectivity index is 1.96. The molecule has 172 valence electrons. The van der Waals surface area contributed by atoms with Crippen LogP contribution < -0.4 is 0 Å². The molecule has 1 atom stereocenters. The molecule has 0 radical (unpaired) electrons. The smallest absolute Gasteiger partial charge is 0.196 e. The van der Waals surface area contributed by atoms with Crippen molar-refractivity contribution in [1.29, 1.82) is 0 Å². The Morgan fingerprint density at radius 2 is 0.882 bits per heavy atom. The molecule has 6 heteroatoms. The highest BCUT2D eigenvalue weighted by molar-refractivity contribution is 8.09. The van der Waals surface area contributed by atoms with Crippen LogP contribution in [0.15, 0.2) is 137 Å². The van der Waals surface area contributed by atoms with Gasteiger partial charge in [-0.15, -0.1) is 0 Å². The average Bonchev–Trinajstić information content (AvgIpc) is 2.88. The molecule has 0 saturated heterocycles. The van der Waals surface area contributed by atoms with Crippen molar-refractivity contribution in [3.8, 4) is 0 Å². The molecular formula is C28H24O4S2. The third-order valence-electron chi connectivity index (χ3n) is 5.53. The molecule has 0 aliphatic heterocycles. The Hall–Kier alpha value is -3.48. The van der Waals surface area contributed by atoms with Gasteiger partial charge in [-0.25, -0.2) is 16.8 Å². The Labute approximate surface area is 201 Å². The minimum Gasteiger partial charge on any atom is -0.222 e. The van der Waals surface area contributed by atoms with Gasteiger partial charge in [-0.3, -0.25) is 0 Å². The van der Waals surface area contributed by atoms with Gasteiger partial charge in [-0.05, 0) is 35.4 Å². The fourth-order valence-corrected chi connectivity index (χ4v) is 8.73. The fourth-order valence-electron chi connectivity index (χ4n) is 3.85. The molecule has 0 aliphatic rings. The van der Waals surface area contributed by atoms with E-state index in [-0.39, 0.29) is 9.79 Å². The molecule has 0 heterocycles. The first-order chi connectivity index (χ1) is 16.4. The zero-order chi connectivity index (χ0) is 24.0. The lowest BCUT2D eigenvalue weighted by Crippen LogP contribution is -2.36. The van der Waals surface area contributed by atoms with Crippen molar-refractivity contribution in [2.45, 2.75) is 20.3 Å². The number of hydrogen-bond donors (Lipinski definition) is 0. The molecule has 4 aromatic rings. The third kappa shape index (κ3) is 5.03. The van der Waals surface area contributed by atoms with Gasteiger partial charge in [0.15, 0.2) is 24.3 Å². The van der Waals surface area contributed by atoms with Crippen molar-refractivity contribution in [2.24, 2.45) is 0 Å². The van der Waals surface area contributed by atoms with Crippen LogP contribution in [-0.4, -0.2) is 21.4 Å². The highest BCUT2D eigenvalue weighted by atomic mass is 32.3. The SMILES string of the molecule is O=S(=O)(c1ccccc1)C([C@H](/C=C/c1ccccc1)c1ccccc1)S(=O)(=O)c1ccccc1. The van der Waals surface area contributed by atoms with Crippen molar-refractivity contribution < 1.29 is 16.8 Å². The van der Waals surface area contributed by atoms with E-state index in [4.69, 9.17) is 0 Å². The molecule has 4 aromatic carbocycles. The molecule has 34 heavy (non-hydrogen) atoms. The van der Waals surface area contributed by atoms with E-state index in [1.807, 2.05) is 36.4 Å². The molecule has 0 aromatic heterocycles. The normalized spacial score (nSPS) is 13.2. The van der Waals surface area contributed by atoms with Crippen LogP contribution in [0.3, 0.4) is 0 Å². The lowest BCUT2D eigenvalue weighted by atomic mass is 9.99. The standard InChI is InChI=1S/C28H24O4S2/c29-33(30,25-17-9-3-10-18-25)28(34(31,32)26-19-11-4-12-20-26)27(24-15-7-2-8-16-24)22-21-23-13-5-1-6-14-23/h1-22,27-28H/b22-21+/t27-/m1/s1. The minimum absolute atomic E-state index is 0.0338. The molecule has 0 saturated carbocycles. The first-order valence-corrected chi connectivity index (χ1v) is 13.9. The van der Waals surface area contributed by atoms with Gasteiger partial charge in [0.25, 0.3) is 0 Å². The zero-order valence-corrected chi connectivity index (χ0v) is 19.9. The predicted molar refractivity (Wildman–Crippen MR) is 136 cm³/mol. The number of hydrogen-bond acceptors (Lipinski definition) is 4. The Kier molecular flexibility index (Phi) is 7.10. The van der Waals surface area contributed by atoms with E-state index in [1.165, 1.54) is 24.3 Å². The van der Waals surface area contributed by atoms with Gasteiger partial charge in [0, 0.05) is 5.92 Å². The van der Waals surface area contributed by atoms with Crippen LogP contribution in [0.1, 0.15) is 17.0 Å². The lowest BCUT2D eigenvalue weighted by Gasteiger charge is -2.26. The maximum Gasteiger partial charge on any atom is 0.196 e. The van der Waals surface area contributed by atoms with Crippen molar-refractivity contribution in [1.82, 2.24) is 0 Å². The van der Waals surface area contributed by atoms with Crippen molar-refractivity contribution in [3.63, 3.8) is 0 Å². The molecule has 0 N–H and O–H groups in total. The van der Waals surface area contributed by atoms with Crippen LogP contribution in [0.25, 0.3) is 6.08 Å². The summed E-state index contributed by atoms with van der Waals surface area (Å²) in [5.74, 6) is -0.947. The molecule has 0 fully saturated rings. The molecule has 0 spiro atoms. The number of sulfone groups is 2. The van der Waals surface area contributed by atoms with Crippen LogP contribution in [-0.2, 0) is 19.7 Å². The second-order valence-electron chi connectivity index (χ2n) is 7.79. The summed E-state index contributed by atoms with van der Waals surface area (Å²) in [4.78, 5) is -0.0675. The minimum atomic E-state index is -4.30. The third-order valence-corrected chi connectivity index (χ3v) is 10.7. The van der Waals surface area contributed by atoms with Crippen molar-refractivity contribution >= 4 is 25.8 Å². The van der Waals surface area contributed by atoms with Gasteiger partial charge >= 0.3 is 0 Å². The first kappa shape index (κ1) is 23.7. The summed E-state index contributed by atoms with van der Waals surface area (Å²) in [6, 6.07) is 33.8. The summed E-state index contributed by atoms with van der Waals surface area (Å²) in [7, 11) is -8.60.